The molecule has 0 fully saturated rings. The lowest BCUT2D eigenvalue weighted by atomic mass is 10.3. The molecule has 0 atom stereocenters. The van der Waals surface area contributed by atoms with Crippen LogP contribution in [0.2, 0.25) is 0 Å². The molecule has 0 unspecified atom stereocenters. The highest BCUT2D eigenvalue weighted by Gasteiger charge is 1.75. The molecule has 0 spiro atoms. The number of phenolic OH excluding ortho intramolecular Hbond substituents is 2. The molecule has 92 valence electrons. The van der Waals surface area contributed by atoms with Crippen molar-refractivity contribution in [2.45, 2.75) is 20.3 Å². The van der Waals surface area contributed by atoms with Crippen molar-refractivity contribution in [3.05, 3.63) is 60.7 Å². The van der Waals surface area contributed by atoms with E-state index in [9.17, 15) is 0 Å². The van der Waals surface area contributed by atoms with Crippen molar-refractivity contribution < 1.29 is 10.2 Å². The molecule has 0 aliphatic carbocycles. The zero-order chi connectivity index (χ0) is 12.9. The standard InChI is InChI=1S/2C6H6O.C3H8/c2*7-6-4-2-1-3-5-6;1-3-2/h2*1-5,7H;3H2,1-2H3. The average molecular weight is 232 g/mol. The fourth-order valence-corrected chi connectivity index (χ4v) is 0.856. The molecule has 0 radical (unpaired) electrons. The highest BCUT2D eigenvalue weighted by molar-refractivity contribution is 5.19. The van der Waals surface area contributed by atoms with Gasteiger partial charge in [0.25, 0.3) is 0 Å². The van der Waals surface area contributed by atoms with Gasteiger partial charge in [0.15, 0.2) is 0 Å². The van der Waals surface area contributed by atoms with Gasteiger partial charge < -0.3 is 10.2 Å². The van der Waals surface area contributed by atoms with Crippen LogP contribution < -0.4 is 0 Å². The molecule has 0 amide bonds. The van der Waals surface area contributed by atoms with E-state index in [1.165, 1.54) is 6.42 Å². The average Bonchev–Trinajstić information content (AvgIpc) is 2.33. The predicted octanol–water partition coefficient (Wildman–Crippen LogP) is 4.20. The zero-order valence-corrected chi connectivity index (χ0v) is 10.4. The van der Waals surface area contributed by atoms with Gasteiger partial charge in [0.1, 0.15) is 11.5 Å². The van der Waals surface area contributed by atoms with Crippen LogP contribution in [0.25, 0.3) is 0 Å². The van der Waals surface area contributed by atoms with Gasteiger partial charge in [-0.25, -0.2) is 0 Å². The second-order valence-corrected chi connectivity index (χ2v) is 3.38. The summed E-state index contributed by atoms with van der Waals surface area (Å²) in [5.74, 6) is 0.644. The van der Waals surface area contributed by atoms with E-state index in [1.54, 1.807) is 48.5 Å². The molecule has 2 heteroatoms. The normalized spacial score (nSPS) is 8.12. The number of benzene rings is 2. The Hall–Kier alpha value is -1.96. The first-order valence-corrected chi connectivity index (χ1v) is 5.68. The molecule has 2 aromatic rings. The van der Waals surface area contributed by atoms with Gasteiger partial charge in [-0.05, 0) is 24.3 Å². The largest absolute Gasteiger partial charge is 0.508 e. The summed E-state index contributed by atoms with van der Waals surface area (Å²) >= 11 is 0. The molecule has 0 aromatic heterocycles. The number of hydrogen-bond acceptors (Lipinski definition) is 2. The van der Waals surface area contributed by atoms with Crippen LogP contribution in [0.5, 0.6) is 11.5 Å². The van der Waals surface area contributed by atoms with E-state index >= 15 is 0 Å². The van der Waals surface area contributed by atoms with Crippen LogP contribution in [0.4, 0.5) is 0 Å². The Kier molecular flexibility index (Phi) is 9.34. The SMILES string of the molecule is CCC.Oc1ccccc1.Oc1ccccc1. The summed E-state index contributed by atoms with van der Waals surface area (Å²) in [5, 5.41) is 17.3. The summed E-state index contributed by atoms with van der Waals surface area (Å²) in [4.78, 5) is 0. The molecule has 0 bridgehead atoms. The second-order valence-electron chi connectivity index (χ2n) is 3.38. The molecule has 2 nitrogen and oxygen atoms in total. The summed E-state index contributed by atoms with van der Waals surface area (Å²) < 4.78 is 0. The fourth-order valence-electron chi connectivity index (χ4n) is 0.856. The molecule has 0 aliphatic rings. The van der Waals surface area contributed by atoms with E-state index in [-0.39, 0.29) is 0 Å². The van der Waals surface area contributed by atoms with Gasteiger partial charge in [0, 0.05) is 0 Å². The summed E-state index contributed by atoms with van der Waals surface area (Å²) in [6, 6.07) is 17.4. The first-order valence-electron chi connectivity index (χ1n) is 5.68. The first kappa shape index (κ1) is 15.0. The molecular weight excluding hydrogens is 212 g/mol. The smallest absolute Gasteiger partial charge is 0.115 e. The minimum absolute atomic E-state index is 0.322. The summed E-state index contributed by atoms with van der Waals surface area (Å²) in [6.07, 6.45) is 1.25. The van der Waals surface area contributed by atoms with Gasteiger partial charge in [0.05, 0.1) is 0 Å². The first-order chi connectivity index (χ1) is 8.20. The van der Waals surface area contributed by atoms with E-state index in [2.05, 4.69) is 13.8 Å². The Morgan fingerprint density at radius 2 is 0.882 bits per heavy atom. The molecule has 0 saturated carbocycles. The lowest BCUT2D eigenvalue weighted by molar-refractivity contribution is 0.475. The van der Waals surface area contributed by atoms with Crippen LogP contribution in [0.1, 0.15) is 20.3 Å². The van der Waals surface area contributed by atoms with E-state index < -0.39 is 0 Å². The van der Waals surface area contributed by atoms with E-state index in [0.717, 1.165) is 0 Å². The maximum absolute atomic E-state index is 8.63. The highest BCUT2D eigenvalue weighted by atomic mass is 16.3. The Morgan fingerprint density at radius 3 is 1.00 bits per heavy atom. The number of phenols is 2. The minimum Gasteiger partial charge on any atom is -0.508 e. The van der Waals surface area contributed by atoms with Gasteiger partial charge in [-0.2, -0.15) is 0 Å². The zero-order valence-electron chi connectivity index (χ0n) is 10.4. The third kappa shape index (κ3) is 10.3. The van der Waals surface area contributed by atoms with Crippen molar-refractivity contribution in [1.82, 2.24) is 0 Å². The summed E-state index contributed by atoms with van der Waals surface area (Å²) in [5.41, 5.74) is 0. The van der Waals surface area contributed by atoms with Crippen molar-refractivity contribution in [1.29, 1.82) is 0 Å². The number of rotatable bonds is 0. The third-order valence-electron chi connectivity index (χ3n) is 1.51. The van der Waals surface area contributed by atoms with Gasteiger partial charge in [0.2, 0.25) is 0 Å². The van der Waals surface area contributed by atoms with Crippen LogP contribution in [0, 0.1) is 0 Å². The topological polar surface area (TPSA) is 40.5 Å². The minimum atomic E-state index is 0.322. The quantitative estimate of drug-likeness (QED) is 0.714. The maximum atomic E-state index is 8.63. The molecule has 2 rings (SSSR count). The number of hydrogen-bond donors (Lipinski definition) is 2. The highest BCUT2D eigenvalue weighted by Crippen LogP contribution is 2.03. The third-order valence-corrected chi connectivity index (χ3v) is 1.51. The van der Waals surface area contributed by atoms with Crippen LogP contribution in [-0.4, -0.2) is 10.2 Å². The summed E-state index contributed by atoms with van der Waals surface area (Å²) in [7, 11) is 0. The number of para-hydroxylation sites is 2. The van der Waals surface area contributed by atoms with Crippen molar-refractivity contribution in [3.8, 4) is 11.5 Å². The molecule has 0 saturated heterocycles. The summed E-state index contributed by atoms with van der Waals surface area (Å²) in [6.45, 7) is 4.25. The van der Waals surface area contributed by atoms with E-state index in [0.29, 0.717) is 11.5 Å². The van der Waals surface area contributed by atoms with Crippen molar-refractivity contribution in [2.24, 2.45) is 0 Å². The van der Waals surface area contributed by atoms with Crippen molar-refractivity contribution in [3.63, 3.8) is 0 Å². The Morgan fingerprint density at radius 1 is 0.647 bits per heavy atom. The molecular formula is C15H20O2. The van der Waals surface area contributed by atoms with Crippen LogP contribution in [0.3, 0.4) is 0 Å². The monoisotopic (exact) mass is 232 g/mol. The van der Waals surface area contributed by atoms with Crippen LogP contribution >= 0.6 is 0 Å². The van der Waals surface area contributed by atoms with Crippen LogP contribution in [0.15, 0.2) is 60.7 Å². The molecule has 2 N–H and O–H groups in total. The molecule has 17 heavy (non-hydrogen) atoms. The molecule has 2 aromatic carbocycles. The molecule has 0 heterocycles. The lowest BCUT2D eigenvalue weighted by Crippen LogP contribution is -1.56. The van der Waals surface area contributed by atoms with Gasteiger partial charge >= 0.3 is 0 Å². The van der Waals surface area contributed by atoms with Gasteiger partial charge in [-0.15, -0.1) is 0 Å². The number of aromatic hydroxyl groups is 2. The van der Waals surface area contributed by atoms with Crippen LogP contribution in [-0.2, 0) is 0 Å². The molecule has 0 aliphatic heterocycles. The van der Waals surface area contributed by atoms with Gasteiger partial charge in [-0.3, -0.25) is 0 Å². The van der Waals surface area contributed by atoms with E-state index in [1.807, 2.05) is 12.1 Å². The van der Waals surface area contributed by atoms with Gasteiger partial charge in [-0.1, -0.05) is 56.7 Å². The Bertz CT molecular complexity index is 320. The predicted molar refractivity (Wildman–Crippen MR) is 72.2 cm³/mol. The van der Waals surface area contributed by atoms with E-state index in [4.69, 9.17) is 10.2 Å². The van der Waals surface area contributed by atoms with Crippen molar-refractivity contribution >= 4 is 0 Å². The fraction of sp³-hybridized carbons (Fsp3) is 0.200. The van der Waals surface area contributed by atoms with Crippen molar-refractivity contribution in [2.75, 3.05) is 0 Å². The second kappa shape index (κ2) is 10.6. The Labute approximate surface area is 103 Å². The Balaban J connectivity index is 0.000000247. The lowest BCUT2D eigenvalue weighted by Gasteiger charge is -1.82. The maximum Gasteiger partial charge on any atom is 0.115 e.